The lowest BCUT2D eigenvalue weighted by atomic mass is 10.2. The molecular formula is C11H16FO4P. The molecule has 0 atom stereocenters. The minimum absolute atomic E-state index is 0.129. The fourth-order valence-corrected chi connectivity index (χ4v) is 2.40. The second-order valence-electron chi connectivity index (χ2n) is 3.31. The van der Waals surface area contributed by atoms with E-state index in [1.807, 2.05) is 0 Å². The first-order chi connectivity index (χ1) is 8.00. The molecule has 17 heavy (non-hydrogen) atoms. The molecule has 0 amide bonds. The van der Waals surface area contributed by atoms with Crippen LogP contribution in [0.25, 0.3) is 0 Å². The maximum Gasteiger partial charge on any atom is 0.530 e. The third kappa shape index (κ3) is 4.11. The van der Waals surface area contributed by atoms with Crippen LogP contribution in [0, 0.1) is 12.7 Å². The van der Waals surface area contributed by atoms with E-state index in [1.165, 1.54) is 12.1 Å². The monoisotopic (exact) mass is 262 g/mol. The normalized spacial score (nSPS) is 11.5. The quantitative estimate of drug-likeness (QED) is 0.733. The summed E-state index contributed by atoms with van der Waals surface area (Å²) in [6, 6.07) is 4.28. The highest BCUT2D eigenvalue weighted by atomic mass is 31.2. The van der Waals surface area contributed by atoms with Crippen molar-refractivity contribution in [2.45, 2.75) is 20.8 Å². The van der Waals surface area contributed by atoms with E-state index >= 15 is 0 Å². The van der Waals surface area contributed by atoms with E-state index in [9.17, 15) is 8.96 Å². The van der Waals surface area contributed by atoms with Crippen molar-refractivity contribution in [1.82, 2.24) is 0 Å². The van der Waals surface area contributed by atoms with Gasteiger partial charge in [0.05, 0.1) is 13.2 Å². The van der Waals surface area contributed by atoms with Crippen LogP contribution in [-0.4, -0.2) is 13.2 Å². The van der Waals surface area contributed by atoms with Gasteiger partial charge in [-0.05, 0) is 38.5 Å². The van der Waals surface area contributed by atoms with Crippen molar-refractivity contribution in [3.63, 3.8) is 0 Å². The fourth-order valence-electron chi connectivity index (χ4n) is 1.21. The minimum atomic E-state index is -3.73. The number of rotatable bonds is 6. The Morgan fingerprint density at radius 1 is 1.24 bits per heavy atom. The van der Waals surface area contributed by atoms with Gasteiger partial charge in [0.2, 0.25) is 0 Å². The summed E-state index contributed by atoms with van der Waals surface area (Å²) in [5.41, 5.74) is 0.793. The van der Waals surface area contributed by atoms with Gasteiger partial charge in [-0.15, -0.1) is 0 Å². The SMILES string of the molecule is CCOP(=O)(OCC)Oc1cc(C)ccc1F. The third-order valence-corrected chi connectivity index (χ3v) is 3.44. The third-order valence-electron chi connectivity index (χ3n) is 1.87. The van der Waals surface area contributed by atoms with Crippen LogP contribution in [0.4, 0.5) is 4.39 Å². The van der Waals surface area contributed by atoms with Crippen LogP contribution < -0.4 is 4.52 Å². The van der Waals surface area contributed by atoms with Crippen LogP contribution in [0.5, 0.6) is 5.75 Å². The molecule has 0 aliphatic carbocycles. The van der Waals surface area contributed by atoms with Crippen molar-refractivity contribution in [2.75, 3.05) is 13.2 Å². The Morgan fingerprint density at radius 2 is 1.82 bits per heavy atom. The molecule has 0 N–H and O–H groups in total. The molecule has 0 spiro atoms. The Hall–Kier alpha value is -0.900. The Balaban J connectivity index is 2.93. The van der Waals surface area contributed by atoms with Crippen LogP contribution >= 0.6 is 7.82 Å². The van der Waals surface area contributed by atoms with Crippen LogP contribution in [-0.2, 0) is 13.6 Å². The molecule has 1 aromatic carbocycles. The summed E-state index contributed by atoms with van der Waals surface area (Å²) in [5, 5.41) is 0. The largest absolute Gasteiger partial charge is 0.530 e. The molecule has 1 aromatic rings. The molecular weight excluding hydrogens is 246 g/mol. The number of hydrogen-bond donors (Lipinski definition) is 0. The van der Waals surface area contributed by atoms with Gasteiger partial charge in [-0.2, -0.15) is 0 Å². The van der Waals surface area contributed by atoms with Crippen LogP contribution in [0.15, 0.2) is 18.2 Å². The van der Waals surface area contributed by atoms with Crippen molar-refractivity contribution in [2.24, 2.45) is 0 Å². The maximum absolute atomic E-state index is 13.4. The number of aryl methyl sites for hydroxylation is 1. The second-order valence-corrected chi connectivity index (χ2v) is 4.90. The van der Waals surface area contributed by atoms with Crippen molar-refractivity contribution >= 4 is 7.82 Å². The average molecular weight is 262 g/mol. The topological polar surface area (TPSA) is 44.8 Å². The summed E-state index contributed by atoms with van der Waals surface area (Å²) in [6.07, 6.45) is 0. The van der Waals surface area contributed by atoms with E-state index in [-0.39, 0.29) is 19.0 Å². The Kier molecular flexibility index (Phi) is 5.12. The maximum atomic E-state index is 13.4. The number of hydrogen-bond acceptors (Lipinski definition) is 4. The standard InChI is InChI=1S/C11H16FO4P/c1-4-14-17(13,15-5-2)16-11-8-9(3)6-7-10(11)12/h6-8H,4-5H2,1-3H3. The average Bonchev–Trinajstić information content (AvgIpc) is 2.24. The van der Waals surface area contributed by atoms with Crippen LogP contribution in [0.1, 0.15) is 19.4 Å². The highest BCUT2D eigenvalue weighted by molar-refractivity contribution is 7.48. The van der Waals surface area contributed by atoms with Crippen molar-refractivity contribution in [3.05, 3.63) is 29.6 Å². The van der Waals surface area contributed by atoms with E-state index in [2.05, 4.69) is 0 Å². The summed E-state index contributed by atoms with van der Waals surface area (Å²) in [7, 11) is -3.73. The van der Waals surface area contributed by atoms with Gasteiger partial charge in [-0.3, -0.25) is 9.05 Å². The molecule has 0 aliphatic heterocycles. The first-order valence-electron chi connectivity index (χ1n) is 5.35. The van der Waals surface area contributed by atoms with Gasteiger partial charge in [-0.25, -0.2) is 8.96 Å². The van der Waals surface area contributed by atoms with Gasteiger partial charge < -0.3 is 4.52 Å². The molecule has 0 aliphatic rings. The Morgan fingerprint density at radius 3 is 2.35 bits per heavy atom. The number of phosphoric ester groups is 1. The molecule has 0 saturated carbocycles. The fraction of sp³-hybridized carbons (Fsp3) is 0.455. The lowest BCUT2D eigenvalue weighted by molar-refractivity contribution is 0.165. The number of halogens is 1. The van der Waals surface area contributed by atoms with Gasteiger partial charge in [0.15, 0.2) is 11.6 Å². The molecule has 0 fully saturated rings. The minimum Gasteiger partial charge on any atom is -0.401 e. The Labute approximate surface area is 100 Å². The van der Waals surface area contributed by atoms with Crippen LogP contribution in [0.3, 0.4) is 0 Å². The molecule has 0 unspecified atom stereocenters. The first kappa shape index (κ1) is 14.2. The predicted octanol–water partition coefficient (Wildman–Crippen LogP) is 3.69. The summed E-state index contributed by atoms with van der Waals surface area (Å²) in [4.78, 5) is 0. The van der Waals surface area contributed by atoms with E-state index in [4.69, 9.17) is 13.6 Å². The van der Waals surface area contributed by atoms with Gasteiger partial charge in [0.25, 0.3) is 0 Å². The van der Waals surface area contributed by atoms with Gasteiger partial charge in [0.1, 0.15) is 0 Å². The van der Waals surface area contributed by atoms with E-state index in [0.717, 1.165) is 5.56 Å². The zero-order chi connectivity index (χ0) is 12.9. The smallest absolute Gasteiger partial charge is 0.401 e. The molecule has 0 bridgehead atoms. The molecule has 4 nitrogen and oxygen atoms in total. The second kappa shape index (κ2) is 6.15. The van der Waals surface area contributed by atoms with Gasteiger partial charge in [0, 0.05) is 0 Å². The highest BCUT2D eigenvalue weighted by Crippen LogP contribution is 2.49. The van der Waals surface area contributed by atoms with Gasteiger partial charge >= 0.3 is 7.82 Å². The summed E-state index contributed by atoms with van der Waals surface area (Å²) < 4.78 is 40.3. The van der Waals surface area contributed by atoms with Crippen molar-refractivity contribution in [1.29, 1.82) is 0 Å². The molecule has 0 saturated heterocycles. The van der Waals surface area contributed by atoms with E-state index in [1.54, 1.807) is 26.8 Å². The molecule has 0 aromatic heterocycles. The Bertz CT molecular complexity index is 412. The van der Waals surface area contributed by atoms with Gasteiger partial charge in [-0.1, -0.05) is 6.07 Å². The lowest BCUT2D eigenvalue weighted by Gasteiger charge is -2.17. The summed E-state index contributed by atoms with van der Waals surface area (Å²) >= 11 is 0. The van der Waals surface area contributed by atoms with E-state index in [0.29, 0.717) is 0 Å². The first-order valence-corrected chi connectivity index (χ1v) is 6.81. The number of phosphoric acid groups is 1. The number of benzene rings is 1. The zero-order valence-electron chi connectivity index (χ0n) is 10.1. The zero-order valence-corrected chi connectivity index (χ0v) is 11.0. The van der Waals surface area contributed by atoms with Crippen LogP contribution in [0.2, 0.25) is 0 Å². The molecule has 0 radical (unpaired) electrons. The highest BCUT2D eigenvalue weighted by Gasteiger charge is 2.28. The predicted molar refractivity (Wildman–Crippen MR) is 62.6 cm³/mol. The lowest BCUT2D eigenvalue weighted by Crippen LogP contribution is -2.03. The molecule has 1 rings (SSSR count). The molecule has 6 heteroatoms. The summed E-state index contributed by atoms with van der Waals surface area (Å²) in [6.45, 7) is 5.40. The van der Waals surface area contributed by atoms with Crippen molar-refractivity contribution in [3.8, 4) is 5.75 Å². The van der Waals surface area contributed by atoms with Crippen molar-refractivity contribution < 1.29 is 22.5 Å². The van der Waals surface area contributed by atoms with E-state index < -0.39 is 13.6 Å². The molecule has 0 heterocycles. The summed E-state index contributed by atoms with van der Waals surface area (Å²) in [5.74, 6) is -0.731. The molecule has 96 valence electrons.